The summed E-state index contributed by atoms with van der Waals surface area (Å²) in [6, 6.07) is 4.34. The van der Waals surface area contributed by atoms with Crippen molar-refractivity contribution in [2.75, 3.05) is 43.3 Å². The van der Waals surface area contributed by atoms with Gasteiger partial charge in [0.2, 0.25) is 21.1 Å². The number of anilines is 2. The second kappa shape index (κ2) is 9.39. The zero-order valence-corrected chi connectivity index (χ0v) is 20.6. The van der Waals surface area contributed by atoms with Gasteiger partial charge in [0.15, 0.2) is 0 Å². The molecule has 1 aromatic heterocycles. The predicted molar refractivity (Wildman–Crippen MR) is 122 cm³/mol. The van der Waals surface area contributed by atoms with Gasteiger partial charge in [0.25, 0.3) is 14.4 Å². The van der Waals surface area contributed by atoms with Gasteiger partial charge >= 0.3 is 0 Å². The summed E-state index contributed by atoms with van der Waals surface area (Å²) in [6.07, 6.45) is 0. The van der Waals surface area contributed by atoms with Gasteiger partial charge in [0, 0.05) is 32.1 Å². The van der Waals surface area contributed by atoms with E-state index in [1.165, 1.54) is 16.4 Å². The molecular weight excluding hydrogens is 476 g/mol. The van der Waals surface area contributed by atoms with Crippen LogP contribution in [-0.2, 0) is 24.8 Å². The Morgan fingerprint density at radius 3 is 2.38 bits per heavy atom. The Morgan fingerprint density at radius 2 is 1.75 bits per heavy atom. The molecule has 0 radical (unpaired) electrons. The van der Waals surface area contributed by atoms with Gasteiger partial charge in [0.1, 0.15) is 0 Å². The van der Waals surface area contributed by atoms with Crippen molar-refractivity contribution in [2.24, 2.45) is 5.92 Å². The molecule has 11 nitrogen and oxygen atoms in total. The fourth-order valence-corrected chi connectivity index (χ4v) is 6.55. The number of amides is 1. The van der Waals surface area contributed by atoms with Gasteiger partial charge in [-0.05, 0) is 31.7 Å². The molecule has 0 bridgehead atoms. The number of carbonyl (C=O) groups excluding carboxylic acids is 1. The molecule has 1 aromatic carbocycles. The van der Waals surface area contributed by atoms with Crippen LogP contribution in [0.15, 0.2) is 27.4 Å². The molecule has 32 heavy (non-hydrogen) atoms. The quantitative estimate of drug-likeness (QED) is 0.538. The number of likely N-dealkylation sites (N-methyl/N-ethyl adjacent to an activating group) is 1. The molecule has 1 aliphatic heterocycles. The lowest BCUT2D eigenvalue weighted by molar-refractivity contribution is -0.118. The zero-order chi connectivity index (χ0) is 23.7. The lowest BCUT2D eigenvalue weighted by Gasteiger charge is -2.32. The minimum atomic E-state index is -4.13. The van der Waals surface area contributed by atoms with Gasteiger partial charge in [-0.1, -0.05) is 31.3 Å². The molecule has 2 N–H and O–H groups in total. The zero-order valence-electron chi connectivity index (χ0n) is 18.2. The first-order valence-corrected chi connectivity index (χ1v) is 13.6. The van der Waals surface area contributed by atoms with Crippen LogP contribution in [0.5, 0.6) is 0 Å². The Hall–Kier alpha value is -2.13. The number of nitrogens with one attached hydrogen (secondary N) is 2. The number of hydrogen-bond donors (Lipinski definition) is 2. The van der Waals surface area contributed by atoms with Crippen LogP contribution in [0.4, 0.5) is 10.8 Å². The van der Waals surface area contributed by atoms with Crippen LogP contribution in [-0.4, -0.2) is 75.4 Å². The van der Waals surface area contributed by atoms with Crippen molar-refractivity contribution in [3.63, 3.8) is 0 Å². The molecule has 0 saturated carbocycles. The van der Waals surface area contributed by atoms with Gasteiger partial charge < -0.3 is 10.2 Å². The van der Waals surface area contributed by atoms with Gasteiger partial charge in [-0.3, -0.25) is 9.52 Å². The van der Waals surface area contributed by atoms with Crippen LogP contribution < -0.4 is 10.0 Å². The summed E-state index contributed by atoms with van der Waals surface area (Å²) < 4.78 is 55.1. The Morgan fingerprint density at radius 1 is 1.09 bits per heavy atom. The van der Waals surface area contributed by atoms with Crippen LogP contribution in [0.1, 0.15) is 19.4 Å². The average Bonchev–Trinajstić information content (AvgIpc) is 3.19. The Kier molecular flexibility index (Phi) is 7.19. The van der Waals surface area contributed by atoms with Gasteiger partial charge in [-0.15, -0.1) is 10.2 Å². The van der Waals surface area contributed by atoms with Crippen molar-refractivity contribution in [3.05, 3.63) is 23.8 Å². The van der Waals surface area contributed by atoms with E-state index in [9.17, 15) is 21.6 Å². The Labute approximate surface area is 191 Å². The molecule has 0 spiro atoms. The lowest BCUT2D eigenvalue weighted by Crippen LogP contribution is -2.47. The second-order valence-corrected chi connectivity index (χ2v) is 12.6. The number of hydrogen-bond acceptors (Lipinski definition) is 9. The number of sulfonamides is 2. The van der Waals surface area contributed by atoms with E-state index in [0.29, 0.717) is 43.1 Å². The largest absolute Gasteiger partial charge is 0.304 e. The van der Waals surface area contributed by atoms with Crippen molar-refractivity contribution in [3.8, 4) is 0 Å². The predicted octanol–water partition coefficient (Wildman–Crippen LogP) is 1.18. The fourth-order valence-electron chi connectivity index (χ4n) is 2.93. The summed E-state index contributed by atoms with van der Waals surface area (Å²) in [7, 11) is -5.98. The van der Waals surface area contributed by atoms with Crippen LogP contribution >= 0.6 is 11.3 Å². The Bertz CT molecular complexity index is 1200. The van der Waals surface area contributed by atoms with E-state index >= 15 is 0 Å². The number of piperazine rings is 1. The van der Waals surface area contributed by atoms with Crippen molar-refractivity contribution in [1.82, 2.24) is 19.4 Å². The molecule has 1 aliphatic rings. The van der Waals surface area contributed by atoms with E-state index in [4.69, 9.17) is 0 Å². The van der Waals surface area contributed by atoms with E-state index in [1.807, 2.05) is 11.9 Å². The third kappa shape index (κ3) is 5.43. The molecule has 2 aromatic rings. The molecule has 0 unspecified atom stereocenters. The molecule has 3 rings (SSSR count). The number of carbonyl (C=O) groups is 1. The maximum Gasteiger partial charge on any atom is 0.291 e. The molecule has 176 valence electrons. The number of benzene rings is 1. The molecule has 14 heteroatoms. The topological polar surface area (TPSA) is 142 Å². The van der Waals surface area contributed by atoms with Crippen molar-refractivity contribution >= 4 is 48.1 Å². The molecule has 1 amide bonds. The van der Waals surface area contributed by atoms with Crippen LogP contribution in [0.3, 0.4) is 0 Å². The average molecular weight is 503 g/mol. The van der Waals surface area contributed by atoms with E-state index in [1.54, 1.807) is 26.8 Å². The van der Waals surface area contributed by atoms with Crippen LogP contribution in [0, 0.1) is 12.8 Å². The first kappa shape index (κ1) is 24.5. The number of rotatable bonds is 7. The van der Waals surface area contributed by atoms with Crippen molar-refractivity contribution in [2.45, 2.75) is 30.0 Å². The van der Waals surface area contributed by atoms with Crippen LogP contribution in [0.25, 0.3) is 0 Å². The maximum absolute atomic E-state index is 13.1. The fraction of sp³-hybridized carbons (Fsp3) is 0.500. The number of aryl methyl sites for hydroxylation is 1. The van der Waals surface area contributed by atoms with Crippen molar-refractivity contribution in [1.29, 1.82) is 0 Å². The van der Waals surface area contributed by atoms with E-state index in [0.717, 1.165) is 0 Å². The molecular formula is C18H26N6O5S3. The molecule has 0 atom stereocenters. The molecule has 2 heterocycles. The van der Waals surface area contributed by atoms with E-state index < -0.39 is 20.0 Å². The highest BCUT2D eigenvalue weighted by Gasteiger charge is 2.29. The third-order valence-electron chi connectivity index (χ3n) is 4.91. The minimum Gasteiger partial charge on any atom is -0.304 e. The monoisotopic (exact) mass is 502 g/mol. The Balaban J connectivity index is 1.82. The summed E-state index contributed by atoms with van der Waals surface area (Å²) in [5, 5.41) is 9.89. The first-order chi connectivity index (χ1) is 14.9. The van der Waals surface area contributed by atoms with Gasteiger partial charge in [-0.2, -0.15) is 12.7 Å². The summed E-state index contributed by atoms with van der Waals surface area (Å²) in [6.45, 7) is 7.03. The van der Waals surface area contributed by atoms with Crippen LogP contribution in [0.2, 0.25) is 0 Å². The third-order valence-corrected chi connectivity index (χ3v) is 9.54. The van der Waals surface area contributed by atoms with E-state index in [-0.39, 0.29) is 31.9 Å². The number of aromatic nitrogens is 2. The standard InChI is InChI=1S/C18H26N6O5S3/c1-12(2)16(25)19-17-20-21-18(30-17)31(26,27)22-14-6-5-13(3)15(11-14)32(28,29)24-9-7-23(4)8-10-24/h5-6,11-12,22H,7-10H2,1-4H3,(H,19,20,25). The number of nitrogens with zero attached hydrogens (tertiary/aromatic N) is 4. The van der Waals surface area contributed by atoms with E-state index in [2.05, 4.69) is 20.2 Å². The molecule has 1 saturated heterocycles. The molecule has 1 fully saturated rings. The second-order valence-electron chi connectivity index (χ2n) is 7.81. The van der Waals surface area contributed by atoms with Crippen molar-refractivity contribution < 1.29 is 21.6 Å². The minimum absolute atomic E-state index is 0.0457. The summed E-state index contributed by atoms with van der Waals surface area (Å²) in [5.41, 5.74) is 0.604. The summed E-state index contributed by atoms with van der Waals surface area (Å²) in [5.74, 6) is -0.610. The highest BCUT2D eigenvalue weighted by molar-refractivity contribution is 7.94. The van der Waals surface area contributed by atoms with Gasteiger partial charge in [0.05, 0.1) is 10.6 Å². The summed E-state index contributed by atoms with van der Waals surface area (Å²) >= 11 is 0.705. The summed E-state index contributed by atoms with van der Waals surface area (Å²) in [4.78, 5) is 13.9. The molecule has 0 aliphatic carbocycles. The highest BCUT2D eigenvalue weighted by atomic mass is 32.2. The maximum atomic E-state index is 13.1. The van der Waals surface area contributed by atoms with Gasteiger partial charge in [-0.25, -0.2) is 8.42 Å². The SMILES string of the molecule is Cc1ccc(NS(=O)(=O)c2nnc(NC(=O)C(C)C)s2)cc1S(=O)(=O)N1CCN(C)CC1. The normalized spacial score (nSPS) is 16.3. The highest BCUT2D eigenvalue weighted by Crippen LogP contribution is 2.27. The first-order valence-electron chi connectivity index (χ1n) is 9.86. The smallest absolute Gasteiger partial charge is 0.291 e. The lowest BCUT2D eigenvalue weighted by atomic mass is 10.2.